The Labute approximate surface area is 123 Å². The number of nitrogen functional groups attached to an aromatic ring is 1. The Hall–Kier alpha value is -1.98. The van der Waals surface area contributed by atoms with Gasteiger partial charge in [0.2, 0.25) is 0 Å². The van der Waals surface area contributed by atoms with Crippen molar-refractivity contribution in [3.8, 4) is 11.5 Å². The van der Waals surface area contributed by atoms with E-state index in [0.717, 1.165) is 6.07 Å². The van der Waals surface area contributed by atoms with Crippen LogP contribution in [0, 0.1) is 5.82 Å². The van der Waals surface area contributed by atoms with Crippen LogP contribution in [-0.4, -0.2) is 11.1 Å². The van der Waals surface area contributed by atoms with Crippen LogP contribution >= 0.6 is 23.2 Å². The molecule has 0 radical (unpaired) electrons. The number of anilines is 1. The van der Waals surface area contributed by atoms with Crippen molar-refractivity contribution >= 4 is 34.9 Å². The first-order chi connectivity index (χ1) is 9.38. The predicted molar refractivity (Wildman–Crippen MR) is 74.3 cm³/mol. The Morgan fingerprint density at radius 2 is 1.90 bits per heavy atom. The highest BCUT2D eigenvalue weighted by Gasteiger charge is 2.17. The third-order valence-corrected chi connectivity index (χ3v) is 2.98. The van der Waals surface area contributed by atoms with Crippen molar-refractivity contribution < 1.29 is 19.0 Å². The third kappa shape index (κ3) is 2.95. The third-order valence-electron chi connectivity index (χ3n) is 2.41. The van der Waals surface area contributed by atoms with Crippen molar-refractivity contribution in [1.82, 2.24) is 0 Å². The summed E-state index contributed by atoms with van der Waals surface area (Å²) >= 11 is 11.5. The number of hydrogen-bond acceptors (Lipinski definition) is 3. The topological polar surface area (TPSA) is 72.5 Å². The van der Waals surface area contributed by atoms with Crippen molar-refractivity contribution in [3.63, 3.8) is 0 Å². The average molecular weight is 316 g/mol. The van der Waals surface area contributed by atoms with Crippen LogP contribution in [-0.2, 0) is 0 Å². The number of benzene rings is 2. The normalized spacial score (nSPS) is 10.3. The van der Waals surface area contributed by atoms with Crippen LogP contribution < -0.4 is 10.5 Å². The molecule has 3 N–H and O–H groups in total. The van der Waals surface area contributed by atoms with Crippen molar-refractivity contribution in [1.29, 1.82) is 0 Å². The molecule has 104 valence electrons. The molecule has 0 saturated heterocycles. The minimum Gasteiger partial charge on any atom is -0.478 e. The lowest BCUT2D eigenvalue weighted by Gasteiger charge is -2.12. The van der Waals surface area contributed by atoms with E-state index in [4.69, 9.17) is 38.8 Å². The SMILES string of the molecule is Nc1cc(Cl)c(Oc2ccc(F)c(Cl)c2)c(C(=O)O)c1. The Morgan fingerprint density at radius 1 is 1.20 bits per heavy atom. The molecule has 2 aromatic rings. The largest absolute Gasteiger partial charge is 0.478 e. The molecule has 0 aliphatic heterocycles. The highest BCUT2D eigenvalue weighted by Crippen LogP contribution is 2.36. The first kappa shape index (κ1) is 14.4. The average Bonchev–Trinajstić information content (AvgIpc) is 2.36. The van der Waals surface area contributed by atoms with Crippen LogP contribution in [0.2, 0.25) is 10.0 Å². The summed E-state index contributed by atoms with van der Waals surface area (Å²) in [5, 5.41) is 8.99. The molecule has 2 rings (SSSR count). The van der Waals surface area contributed by atoms with E-state index in [1.165, 1.54) is 24.3 Å². The van der Waals surface area contributed by atoms with E-state index >= 15 is 0 Å². The van der Waals surface area contributed by atoms with Gasteiger partial charge in [-0.05, 0) is 24.3 Å². The molecular weight excluding hydrogens is 308 g/mol. The van der Waals surface area contributed by atoms with Crippen molar-refractivity contribution in [2.75, 3.05) is 5.73 Å². The number of hydrogen-bond donors (Lipinski definition) is 2. The van der Waals surface area contributed by atoms with Gasteiger partial charge in [0, 0.05) is 11.8 Å². The highest BCUT2D eigenvalue weighted by molar-refractivity contribution is 6.33. The quantitative estimate of drug-likeness (QED) is 0.832. The lowest BCUT2D eigenvalue weighted by molar-refractivity contribution is 0.0694. The molecule has 0 saturated carbocycles. The molecule has 0 aliphatic rings. The van der Waals surface area contributed by atoms with Crippen molar-refractivity contribution in [3.05, 3.63) is 51.8 Å². The van der Waals surface area contributed by atoms with Crippen LogP contribution in [0.3, 0.4) is 0 Å². The summed E-state index contributed by atoms with van der Waals surface area (Å²) in [6.07, 6.45) is 0. The second-order valence-corrected chi connectivity index (χ2v) is 4.68. The zero-order valence-electron chi connectivity index (χ0n) is 9.86. The number of carbonyl (C=O) groups is 1. The Kier molecular flexibility index (Phi) is 4.01. The maximum atomic E-state index is 13.1. The lowest BCUT2D eigenvalue weighted by atomic mass is 10.2. The monoisotopic (exact) mass is 315 g/mol. The van der Waals surface area contributed by atoms with Gasteiger partial charge in [0.1, 0.15) is 17.1 Å². The fourth-order valence-corrected chi connectivity index (χ4v) is 1.97. The number of rotatable bonds is 3. The van der Waals surface area contributed by atoms with Gasteiger partial charge in [-0.3, -0.25) is 0 Å². The second kappa shape index (κ2) is 5.56. The molecule has 0 atom stereocenters. The molecule has 0 heterocycles. The molecule has 0 aliphatic carbocycles. The molecule has 7 heteroatoms. The number of nitrogens with two attached hydrogens (primary N) is 1. The van der Waals surface area contributed by atoms with E-state index in [1.807, 2.05) is 0 Å². The van der Waals surface area contributed by atoms with E-state index in [0.29, 0.717) is 0 Å². The van der Waals surface area contributed by atoms with Gasteiger partial charge in [-0.25, -0.2) is 9.18 Å². The molecule has 0 spiro atoms. The minimum atomic E-state index is -1.25. The van der Waals surface area contributed by atoms with E-state index in [9.17, 15) is 9.18 Å². The number of halogens is 3. The van der Waals surface area contributed by atoms with E-state index in [-0.39, 0.29) is 32.8 Å². The van der Waals surface area contributed by atoms with Crippen LogP contribution in [0.1, 0.15) is 10.4 Å². The molecule has 4 nitrogen and oxygen atoms in total. The summed E-state index contributed by atoms with van der Waals surface area (Å²) in [5.74, 6) is -1.79. The van der Waals surface area contributed by atoms with Gasteiger partial charge in [0.15, 0.2) is 5.75 Å². The number of aromatic carboxylic acids is 1. The van der Waals surface area contributed by atoms with Gasteiger partial charge in [0.25, 0.3) is 0 Å². The molecule has 0 unspecified atom stereocenters. The maximum absolute atomic E-state index is 13.1. The summed E-state index contributed by atoms with van der Waals surface area (Å²) in [6, 6.07) is 6.20. The first-order valence-electron chi connectivity index (χ1n) is 5.33. The van der Waals surface area contributed by atoms with Gasteiger partial charge in [-0.1, -0.05) is 23.2 Å². The molecule has 0 fully saturated rings. The minimum absolute atomic E-state index is 0.0304. The molecule has 0 aromatic heterocycles. The Bertz CT molecular complexity index is 692. The van der Waals surface area contributed by atoms with Crippen LogP contribution in [0.25, 0.3) is 0 Å². The fourth-order valence-electron chi connectivity index (χ4n) is 1.54. The molecule has 20 heavy (non-hydrogen) atoms. The number of carboxylic acid groups (broad SMARTS) is 1. The van der Waals surface area contributed by atoms with Crippen LogP contribution in [0.4, 0.5) is 10.1 Å². The van der Waals surface area contributed by atoms with Gasteiger partial charge in [0.05, 0.1) is 10.0 Å². The molecule has 0 amide bonds. The zero-order valence-corrected chi connectivity index (χ0v) is 11.4. The first-order valence-corrected chi connectivity index (χ1v) is 6.09. The summed E-state index contributed by atoms with van der Waals surface area (Å²) in [7, 11) is 0. The second-order valence-electron chi connectivity index (χ2n) is 3.86. The Balaban J connectivity index is 2.47. The van der Waals surface area contributed by atoms with Crippen LogP contribution in [0.15, 0.2) is 30.3 Å². The zero-order chi connectivity index (χ0) is 14.9. The van der Waals surface area contributed by atoms with Gasteiger partial charge in [-0.2, -0.15) is 0 Å². The van der Waals surface area contributed by atoms with Gasteiger partial charge in [-0.15, -0.1) is 0 Å². The lowest BCUT2D eigenvalue weighted by Crippen LogP contribution is -2.02. The van der Waals surface area contributed by atoms with Crippen molar-refractivity contribution in [2.45, 2.75) is 0 Å². The summed E-state index contributed by atoms with van der Waals surface area (Å²) in [4.78, 5) is 11.2. The van der Waals surface area contributed by atoms with Crippen molar-refractivity contribution in [2.24, 2.45) is 0 Å². The van der Waals surface area contributed by atoms with E-state index in [1.54, 1.807) is 0 Å². The van der Waals surface area contributed by atoms with E-state index < -0.39 is 11.8 Å². The summed E-state index contributed by atoms with van der Waals surface area (Å²) in [6.45, 7) is 0. The number of carboxylic acids is 1. The standard InChI is InChI=1S/C13H8Cl2FNO3/c14-9-5-7(1-2-11(9)16)20-12-8(13(18)19)3-6(17)4-10(12)15/h1-5H,17H2,(H,18,19). The van der Waals surface area contributed by atoms with E-state index in [2.05, 4.69) is 0 Å². The molecule has 2 aromatic carbocycles. The van der Waals surface area contributed by atoms with Gasteiger partial charge >= 0.3 is 5.97 Å². The molecule has 0 bridgehead atoms. The maximum Gasteiger partial charge on any atom is 0.339 e. The Morgan fingerprint density at radius 3 is 2.50 bits per heavy atom. The fraction of sp³-hybridized carbons (Fsp3) is 0. The predicted octanol–water partition coefficient (Wildman–Crippen LogP) is 4.21. The smallest absolute Gasteiger partial charge is 0.339 e. The van der Waals surface area contributed by atoms with Gasteiger partial charge < -0.3 is 15.6 Å². The summed E-state index contributed by atoms with van der Waals surface area (Å²) < 4.78 is 18.4. The van der Waals surface area contributed by atoms with Crippen LogP contribution in [0.5, 0.6) is 11.5 Å². The molecular formula is C13H8Cl2FNO3. The summed E-state index contributed by atoms with van der Waals surface area (Å²) in [5.41, 5.74) is 5.52. The highest BCUT2D eigenvalue weighted by atomic mass is 35.5. The number of ether oxygens (including phenoxy) is 1.